The summed E-state index contributed by atoms with van der Waals surface area (Å²) in [4.78, 5) is 75.4. The average molecular weight is 1240 g/mol. The van der Waals surface area contributed by atoms with Crippen LogP contribution in [0.2, 0.25) is 0 Å². The second-order valence-corrected chi connectivity index (χ2v) is 25.4. The summed E-state index contributed by atoms with van der Waals surface area (Å²) in [5.41, 5.74) is 0. The molecule has 0 aromatic heterocycles. The first kappa shape index (κ1) is 85.4. The third-order valence-corrected chi connectivity index (χ3v) is 15.0. The summed E-state index contributed by atoms with van der Waals surface area (Å²) in [5, 5.41) is 22.0. The van der Waals surface area contributed by atoms with Gasteiger partial charge in [0.2, 0.25) is 6.29 Å². The molecule has 2 N–H and O–H groups in total. The van der Waals surface area contributed by atoms with Crippen molar-refractivity contribution in [2.24, 2.45) is 0 Å². The van der Waals surface area contributed by atoms with Crippen molar-refractivity contribution in [1.82, 2.24) is 0 Å². The molecular formula is C66H126Cl2N2O14. The van der Waals surface area contributed by atoms with Crippen molar-refractivity contribution in [1.29, 1.82) is 0 Å². The van der Waals surface area contributed by atoms with Crippen molar-refractivity contribution in [3.63, 3.8) is 0 Å². The monoisotopic (exact) mass is 1240 g/mol. The minimum Gasteiger partial charge on any atom is -1.00 e. The molecule has 0 aliphatic carbocycles. The van der Waals surface area contributed by atoms with Crippen molar-refractivity contribution in [2.75, 3.05) is 68.6 Å². The molecule has 0 fully saturated rings. The van der Waals surface area contributed by atoms with Crippen LogP contribution in [0.25, 0.3) is 0 Å². The molecular weight excluding hydrogens is 1120 g/mol. The quantitative estimate of drug-likeness (QED) is 0.0196. The molecule has 16 nitrogen and oxygen atoms in total. The van der Waals surface area contributed by atoms with Crippen LogP contribution in [0.5, 0.6) is 0 Å². The Morgan fingerprint density at radius 3 is 0.893 bits per heavy atom. The van der Waals surface area contributed by atoms with Gasteiger partial charge in [-0.15, -0.1) is 0 Å². The van der Waals surface area contributed by atoms with Gasteiger partial charge in [0.1, 0.15) is 38.5 Å². The zero-order valence-corrected chi connectivity index (χ0v) is 56.4. The van der Waals surface area contributed by atoms with Crippen LogP contribution < -0.4 is 24.8 Å². The fraction of sp³-hybridized carbons (Fsp3) is 0.909. The Morgan fingerprint density at radius 2 is 0.560 bits per heavy atom. The zero-order valence-electron chi connectivity index (χ0n) is 54.9. The third kappa shape index (κ3) is 57.0. The molecule has 84 heavy (non-hydrogen) atoms. The first-order chi connectivity index (χ1) is 39.2. The third-order valence-electron chi connectivity index (χ3n) is 15.0. The number of carbonyl (C=O) groups excluding carboxylic acids is 6. The molecule has 0 radical (unpaired) electrons. The second-order valence-electron chi connectivity index (χ2n) is 25.4. The number of halogens is 2. The molecule has 0 aliphatic heterocycles. The molecule has 4 atom stereocenters. The molecule has 0 aromatic carbocycles. The maximum atomic E-state index is 13.0. The van der Waals surface area contributed by atoms with Gasteiger partial charge in [0.25, 0.3) is 0 Å². The van der Waals surface area contributed by atoms with Crippen molar-refractivity contribution in [3.8, 4) is 0 Å². The van der Waals surface area contributed by atoms with Crippen LogP contribution in [0.15, 0.2) is 0 Å². The molecule has 498 valence electrons. The Bertz CT molecular complexity index is 1510. The highest BCUT2D eigenvalue weighted by atomic mass is 35.5. The maximum Gasteiger partial charge on any atom is 0.308 e. The van der Waals surface area contributed by atoms with Crippen molar-refractivity contribution < 1.29 is 101 Å². The minimum atomic E-state index is -0.847. The number of aliphatic hydroxyl groups excluding tert-OH is 2. The zero-order chi connectivity index (χ0) is 61.1. The summed E-state index contributed by atoms with van der Waals surface area (Å²) in [6.45, 7) is 8.57. The van der Waals surface area contributed by atoms with E-state index in [1.165, 1.54) is 25.7 Å². The van der Waals surface area contributed by atoms with Gasteiger partial charge in [-0.05, 0) is 70.6 Å². The van der Waals surface area contributed by atoms with Gasteiger partial charge in [-0.2, -0.15) is 0 Å². The number of hydrogen-bond donors (Lipinski definition) is 2. The van der Waals surface area contributed by atoms with Gasteiger partial charge < -0.3 is 72.4 Å². The number of hydrogen-bond acceptors (Lipinski definition) is 14. The first-order valence-corrected chi connectivity index (χ1v) is 33.3. The fourth-order valence-electron chi connectivity index (χ4n) is 9.63. The first-order valence-electron chi connectivity index (χ1n) is 33.3. The average Bonchev–Trinajstić information content (AvgIpc) is 3.42. The molecule has 4 unspecified atom stereocenters. The van der Waals surface area contributed by atoms with Gasteiger partial charge >= 0.3 is 35.8 Å². The minimum absolute atomic E-state index is 0. The smallest absolute Gasteiger partial charge is 0.308 e. The van der Waals surface area contributed by atoms with Crippen LogP contribution in [0.3, 0.4) is 0 Å². The lowest BCUT2D eigenvalue weighted by atomic mass is 9.99. The second kappa shape index (κ2) is 56.7. The molecule has 0 bridgehead atoms. The number of rotatable bonds is 58. The lowest BCUT2D eigenvalue weighted by molar-refractivity contribution is -0.870. The Balaban J connectivity index is -0.0000328. The summed E-state index contributed by atoms with van der Waals surface area (Å²) in [6.07, 6.45) is 30.5. The molecule has 0 aromatic rings. The highest BCUT2D eigenvalue weighted by molar-refractivity contribution is 5.73. The lowest BCUT2D eigenvalue weighted by Crippen LogP contribution is -3.00. The normalized spacial score (nSPS) is 13.3. The van der Waals surface area contributed by atoms with E-state index in [0.29, 0.717) is 80.0 Å². The predicted molar refractivity (Wildman–Crippen MR) is 326 cm³/mol. The summed E-state index contributed by atoms with van der Waals surface area (Å²) < 4.78 is 35.0. The number of nitrogens with zero attached hydrogens (tertiary/aromatic N) is 2. The molecule has 0 spiro atoms. The molecule has 18 heteroatoms. The summed E-state index contributed by atoms with van der Waals surface area (Å²) in [7, 11) is 12.2. The molecule has 0 saturated carbocycles. The summed E-state index contributed by atoms with van der Waals surface area (Å²) in [6, 6.07) is 0. The van der Waals surface area contributed by atoms with Crippen LogP contribution >= 0.6 is 0 Å². The predicted octanol–water partition coefficient (Wildman–Crippen LogP) is 7.90. The highest BCUT2D eigenvalue weighted by Crippen LogP contribution is 2.22. The molecule has 0 aliphatic rings. The van der Waals surface area contributed by atoms with E-state index < -0.39 is 30.7 Å². The Morgan fingerprint density at radius 1 is 0.310 bits per heavy atom. The van der Waals surface area contributed by atoms with Gasteiger partial charge in [0, 0.05) is 44.9 Å². The van der Waals surface area contributed by atoms with Gasteiger partial charge in [-0.25, -0.2) is 0 Å². The van der Waals surface area contributed by atoms with Gasteiger partial charge in [-0.3, -0.25) is 28.8 Å². The Kier molecular flexibility index (Phi) is 57.7. The topological polar surface area (TPSA) is 198 Å². The Hall–Kier alpha value is -2.76. The molecule has 0 amide bonds. The van der Waals surface area contributed by atoms with Gasteiger partial charge in [-0.1, -0.05) is 175 Å². The number of aliphatic hydroxyl groups is 2. The number of likely N-dealkylation sites (N-methyl/N-ethyl adjacent to an activating group) is 2. The van der Waals surface area contributed by atoms with E-state index in [1.54, 1.807) is 0 Å². The van der Waals surface area contributed by atoms with E-state index in [0.717, 1.165) is 174 Å². The van der Waals surface area contributed by atoms with E-state index in [4.69, 9.17) is 28.4 Å². The van der Waals surface area contributed by atoms with E-state index in [9.17, 15) is 39.0 Å². The SMILES string of the molecule is CCCCCCCCCC(OC(=O)CCCCCCCCCCC(O)C(CCCCC)OC(=O)CCCC(=O)OCC[N+](C)(C)C)OC(=O)CCCCCCCCCCC(O)C(CCCCC)OC(=O)CCCC(=O)OCC[N+](C)(C)C.[Cl-].[Cl-]. The van der Waals surface area contributed by atoms with Crippen molar-refractivity contribution >= 4 is 35.8 Å². The standard InChI is InChI=1S/C66H126N2O14.2ClH/c1-10-13-16-17-22-31-38-51-66(81-64(75)45-36-29-25-20-18-23-27-34-41-56(69)58(43-32-14-11-2)79-62(73)49-39-47-60(71)77-54-52-67(4,5)6)82-65(76)46-37-30-26-21-19-24-28-35-42-57(70)59(44-33-15-12-3)80-63(74)50-40-48-61(72)78-55-53-68(7,8)9;;/h56-59,66,69-70H,10-55H2,1-9H3;2*1H/q+2;;/p-2. The van der Waals surface area contributed by atoms with E-state index in [-0.39, 0.29) is 86.3 Å². The fourth-order valence-corrected chi connectivity index (χ4v) is 9.63. The Labute approximate surface area is 524 Å². The van der Waals surface area contributed by atoms with Crippen LogP contribution in [-0.4, -0.2) is 154 Å². The largest absolute Gasteiger partial charge is 1.00 e. The summed E-state index contributed by atoms with van der Waals surface area (Å²) in [5.74, 6) is -2.01. The van der Waals surface area contributed by atoms with Crippen LogP contribution in [0.1, 0.15) is 290 Å². The van der Waals surface area contributed by atoms with E-state index in [1.807, 2.05) is 42.3 Å². The lowest BCUT2D eigenvalue weighted by Gasteiger charge is -2.23. The van der Waals surface area contributed by atoms with Gasteiger partial charge in [0.05, 0.1) is 54.5 Å². The number of carbonyl (C=O) groups is 6. The number of ether oxygens (including phenoxy) is 6. The van der Waals surface area contributed by atoms with Crippen molar-refractivity contribution in [2.45, 2.75) is 321 Å². The number of quaternary nitrogens is 2. The van der Waals surface area contributed by atoms with E-state index in [2.05, 4.69) is 20.8 Å². The van der Waals surface area contributed by atoms with Crippen LogP contribution in [0.4, 0.5) is 0 Å². The summed E-state index contributed by atoms with van der Waals surface area (Å²) >= 11 is 0. The van der Waals surface area contributed by atoms with Crippen molar-refractivity contribution in [3.05, 3.63) is 0 Å². The number of esters is 6. The van der Waals surface area contributed by atoms with Gasteiger partial charge in [0.15, 0.2) is 0 Å². The molecule has 0 heterocycles. The van der Waals surface area contributed by atoms with Crippen LogP contribution in [-0.2, 0) is 57.2 Å². The maximum absolute atomic E-state index is 13.0. The van der Waals surface area contributed by atoms with E-state index >= 15 is 0 Å². The molecule has 0 rings (SSSR count). The number of unbranched alkanes of at least 4 members (excludes halogenated alkanes) is 24. The highest BCUT2D eigenvalue weighted by Gasteiger charge is 2.25. The van der Waals surface area contributed by atoms with Crippen LogP contribution in [0, 0.1) is 0 Å². The molecule has 0 saturated heterocycles.